The Bertz CT molecular complexity index is 1100. The van der Waals surface area contributed by atoms with Gasteiger partial charge < -0.3 is 9.47 Å². The fourth-order valence-corrected chi connectivity index (χ4v) is 4.88. The van der Waals surface area contributed by atoms with Gasteiger partial charge in [0.05, 0.1) is 41.4 Å². The lowest BCUT2D eigenvalue weighted by Gasteiger charge is -2.26. The van der Waals surface area contributed by atoms with Crippen LogP contribution in [0.4, 0.5) is 0 Å². The first-order chi connectivity index (χ1) is 13.8. The molecule has 0 amide bonds. The highest BCUT2D eigenvalue weighted by molar-refractivity contribution is 7.23. The topological polar surface area (TPSA) is 39.0 Å². The van der Waals surface area contributed by atoms with Crippen LogP contribution < -0.4 is 4.74 Å². The lowest BCUT2D eigenvalue weighted by Crippen LogP contribution is -2.36. The Morgan fingerprint density at radius 3 is 2.71 bits per heavy atom. The Hall–Kier alpha value is -2.41. The largest absolute Gasteiger partial charge is 0.494 e. The first-order valence-corrected chi connectivity index (χ1v) is 10.6. The average Bonchev–Trinajstić information content (AvgIpc) is 3.26. The Morgan fingerprint density at radius 1 is 1.11 bits per heavy atom. The van der Waals surface area contributed by atoms with Crippen molar-refractivity contribution >= 4 is 26.5 Å². The first-order valence-electron chi connectivity index (χ1n) is 9.75. The van der Waals surface area contributed by atoms with E-state index in [1.54, 1.807) is 11.3 Å². The number of thiazole rings is 1. The number of benzene rings is 2. The number of nitrogens with zero attached hydrogens (tertiary/aromatic N) is 3. The van der Waals surface area contributed by atoms with Gasteiger partial charge in [0, 0.05) is 25.2 Å². The van der Waals surface area contributed by atoms with E-state index < -0.39 is 0 Å². The van der Waals surface area contributed by atoms with Crippen LogP contribution in [0.2, 0.25) is 0 Å². The van der Waals surface area contributed by atoms with Gasteiger partial charge in [-0.2, -0.15) is 0 Å². The van der Waals surface area contributed by atoms with Crippen molar-refractivity contribution < 1.29 is 9.47 Å². The quantitative estimate of drug-likeness (QED) is 0.502. The Morgan fingerprint density at radius 2 is 1.93 bits per heavy atom. The van der Waals surface area contributed by atoms with Gasteiger partial charge in [-0.25, -0.2) is 4.98 Å². The second-order valence-electron chi connectivity index (χ2n) is 6.94. The van der Waals surface area contributed by atoms with Gasteiger partial charge in [-0.15, -0.1) is 0 Å². The van der Waals surface area contributed by atoms with Crippen molar-refractivity contribution in [3.63, 3.8) is 0 Å². The lowest BCUT2D eigenvalue weighted by molar-refractivity contribution is 0.0336. The summed E-state index contributed by atoms with van der Waals surface area (Å²) in [4.78, 5) is 8.53. The molecule has 1 saturated heterocycles. The summed E-state index contributed by atoms with van der Waals surface area (Å²) in [7, 11) is 0. The summed E-state index contributed by atoms with van der Waals surface area (Å²) >= 11 is 1.72. The minimum atomic E-state index is 0.675. The van der Waals surface area contributed by atoms with E-state index >= 15 is 0 Å². The van der Waals surface area contributed by atoms with Gasteiger partial charge in [0.25, 0.3) is 0 Å². The minimum Gasteiger partial charge on any atom is -0.494 e. The molecule has 5 nitrogen and oxygen atoms in total. The molecular formula is C22H23N3O2S. The second-order valence-corrected chi connectivity index (χ2v) is 7.95. The number of ether oxygens (including phenoxy) is 2. The zero-order chi connectivity index (χ0) is 18.9. The van der Waals surface area contributed by atoms with Crippen LogP contribution in [0.1, 0.15) is 12.6 Å². The zero-order valence-electron chi connectivity index (χ0n) is 15.9. The summed E-state index contributed by atoms with van der Waals surface area (Å²) in [6, 6.07) is 16.8. The summed E-state index contributed by atoms with van der Waals surface area (Å²) in [6.07, 6.45) is 0. The molecule has 5 rings (SSSR count). The second kappa shape index (κ2) is 7.54. The molecule has 6 heteroatoms. The van der Waals surface area contributed by atoms with Gasteiger partial charge in [0.2, 0.25) is 0 Å². The van der Waals surface area contributed by atoms with Crippen molar-refractivity contribution in [1.82, 2.24) is 14.3 Å². The molecule has 1 aliphatic rings. The third-order valence-corrected chi connectivity index (χ3v) is 6.15. The molecule has 0 unspecified atom stereocenters. The maximum Gasteiger partial charge on any atom is 0.195 e. The van der Waals surface area contributed by atoms with Crippen molar-refractivity contribution in [3.8, 4) is 17.0 Å². The molecule has 0 radical (unpaired) electrons. The van der Waals surface area contributed by atoms with Crippen molar-refractivity contribution in [3.05, 3.63) is 54.2 Å². The predicted octanol–water partition coefficient (Wildman–Crippen LogP) is 4.45. The van der Waals surface area contributed by atoms with E-state index in [1.165, 1.54) is 21.5 Å². The summed E-state index contributed by atoms with van der Waals surface area (Å²) in [5, 5.41) is 0. The van der Waals surface area contributed by atoms with E-state index in [9.17, 15) is 0 Å². The fraction of sp³-hybridized carbons (Fsp3) is 0.318. The van der Waals surface area contributed by atoms with Crippen LogP contribution in [0.3, 0.4) is 0 Å². The smallest absolute Gasteiger partial charge is 0.195 e. The van der Waals surface area contributed by atoms with Crippen LogP contribution >= 0.6 is 11.3 Å². The van der Waals surface area contributed by atoms with E-state index in [4.69, 9.17) is 14.5 Å². The molecule has 0 saturated carbocycles. The number of imidazole rings is 1. The number of hydrogen-bond donors (Lipinski definition) is 0. The third kappa shape index (κ3) is 3.17. The Kier molecular flexibility index (Phi) is 4.76. The molecule has 1 fully saturated rings. The van der Waals surface area contributed by atoms with Crippen molar-refractivity contribution in [2.45, 2.75) is 13.5 Å². The molecule has 2 aromatic carbocycles. The number of aromatic nitrogens is 2. The van der Waals surface area contributed by atoms with E-state index in [0.717, 1.165) is 49.3 Å². The van der Waals surface area contributed by atoms with Crippen LogP contribution in [-0.4, -0.2) is 47.2 Å². The van der Waals surface area contributed by atoms with Crippen LogP contribution in [0, 0.1) is 0 Å². The van der Waals surface area contributed by atoms with Crippen LogP contribution in [-0.2, 0) is 11.3 Å². The molecule has 2 aromatic heterocycles. The maximum atomic E-state index is 5.69. The van der Waals surface area contributed by atoms with Gasteiger partial charge >= 0.3 is 0 Å². The average molecular weight is 394 g/mol. The first kappa shape index (κ1) is 17.7. The number of rotatable bonds is 5. The van der Waals surface area contributed by atoms with Crippen LogP contribution in [0.5, 0.6) is 5.75 Å². The highest BCUT2D eigenvalue weighted by Gasteiger charge is 2.21. The molecule has 28 heavy (non-hydrogen) atoms. The van der Waals surface area contributed by atoms with Crippen LogP contribution in [0.25, 0.3) is 26.4 Å². The molecule has 0 bridgehead atoms. The highest BCUT2D eigenvalue weighted by atomic mass is 32.1. The summed E-state index contributed by atoms with van der Waals surface area (Å²) in [6.45, 7) is 7.06. The molecule has 0 aliphatic carbocycles. The number of morpholine rings is 1. The normalized spacial score (nSPS) is 15.5. The molecule has 1 aliphatic heterocycles. The Labute approximate surface area is 168 Å². The summed E-state index contributed by atoms with van der Waals surface area (Å²) < 4.78 is 14.8. The summed E-state index contributed by atoms with van der Waals surface area (Å²) in [5.74, 6) is 0.914. The van der Waals surface area contributed by atoms with E-state index in [0.29, 0.717) is 6.61 Å². The Balaban J connectivity index is 1.67. The van der Waals surface area contributed by atoms with Crippen molar-refractivity contribution in [1.29, 1.82) is 0 Å². The van der Waals surface area contributed by atoms with Gasteiger partial charge in [-0.1, -0.05) is 41.7 Å². The van der Waals surface area contributed by atoms with Crippen LogP contribution in [0.15, 0.2) is 48.5 Å². The SMILES string of the molecule is CCOc1ccc2c(c1)sc1nc(-c3ccccc3)c(CN3CCOCC3)n12. The predicted molar refractivity (Wildman–Crippen MR) is 113 cm³/mol. The monoisotopic (exact) mass is 393 g/mol. The van der Waals surface area contributed by atoms with Gasteiger partial charge in [-0.05, 0) is 25.1 Å². The van der Waals surface area contributed by atoms with Crippen molar-refractivity contribution in [2.75, 3.05) is 32.9 Å². The molecular weight excluding hydrogens is 370 g/mol. The van der Waals surface area contributed by atoms with Crippen molar-refractivity contribution in [2.24, 2.45) is 0 Å². The molecule has 144 valence electrons. The zero-order valence-corrected chi connectivity index (χ0v) is 16.7. The molecule has 0 spiro atoms. The van der Waals surface area contributed by atoms with Gasteiger partial charge in [0.1, 0.15) is 5.75 Å². The maximum absolute atomic E-state index is 5.69. The fourth-order valence-electron chi connectivity index (χ4n) is 3.81. The van der Waals surface area contributed by atoms with E-state index in [2.05, 4.69) is 51.8 Å². The summed E-state index contributed by atoms with van der Waals surface area (Å²) in [5.41, 5.74) is 4.69. The van der Waals surface area contributed by atoms with E-state index in [-0.39, 0.29) is 0 Å². The standard InChI is InChI=1S/C22H23N3O2S/c1-2-27-17-8-9-18-20(14-17)28-22-23-21(16-6-4-3-5-7-16)19(25(18)22)15-24-10-12-26-13-11-24/h3-9,14H,2,10-13,15H2,1H3. The minimum absolute atomic E-state index is 0.675. The molecule has 0 N–H and O–H groups in total. The molecule has 0 atom stereocenters. The highest BCUT2D eigenvalue weighted by Crippen LogP contribution is 2.35. The number of fused-ring (bicyclic) bond motifs is 3. The number of hydrogen-bond acceptors (Lipinski definition) is 5. The van der Waals surface area contributed by atoms with Gasteiger partial charge in [0.15, 0.2) is 4.96 Å². The van der Waals surface area contributed by atoms with Gasteiger partial charge in [-0.3, -0.25) is 9.30 Å². The van der Waals surface area contributed by atoms with E-state index in [1.807, 2.05) is 13.0 Å². The lowest BCUT2D eigenvalue weighted by atomic mass is 10.1. The third-order valence-electron chi connectivity index (χ3n) is 5.15. The molecule has 3 heterocycles. The molecule has 4 aromatic rings.